The molecule has 2 N–H and O–H groups in total. The number of amides is 1. The fourth-order valence-electron chi connectivity index (χ4n) is 1.92. The van der Waals surface area contributed by atoms with E-state index in [0.29, 0.717) is 0 Å². The molecule has 1 aromatic carbocycles. The van der Waals surface area contributed by atoms with Gasteiger partial charge in [0.2, 0.25) is 5.91 Å². The predicted molar refractivity (Wildman–Crippen MR) is 68.9 cm³/mol. The van der Waals surface area contributed by atoms with Crippen molar-refractivity contribution in [3.05, 3.63) is 35.4 Å². The molecule has 110 valence electrons. The van der Waals surface area contributed by atoms with Crippen molar-refractivity contribution in [2.75, 3.05) is 0 Å². The third-order valence-corrected chi connectivity index (χ3v) is 2.86. The Kier molecular flexibility index (Phi) is 5.61. The molecule has 0 saturated carbocycles. The standard InChI is InChI=1S/C14H17F2NO3/c1-8(6-14(19)20)5-13(18)17-9(2)11-4-3-10(15)7-12(11)16/h3-4,7-9H,5-6H2,1-2H3,(H,17,18)(H,19,20). The van der Waals surface area contributed by atoms with E-state index in [1.807, 2.05) is 0 Å². The minimum absolute atomic E-state index is 0.0411. The molecule has 1 aromatic rings. The van der Waals surface area contributed by atoms with E-state index < -0.39 is 23.6 Å². The summed E-state index contributed by atoms with van der Waals surface area (Å²) in [5.41, 5.74) is 0.186. The fraction of sp³-hybridized carbons (Fsp3) is 0.429. The highest BCUT2D eigenvalue weighted by Gasteiger charge is 2.17. The molecule has 2 unspecified atom stereocenters. The van der Waals surface area contributed by atoms with Crippen LogP contribution in [-0.4, -0.2) is 17.0 Å². The first-order valence-corrected chi connectivity index (χ1v) is 6.25. The molecule has 1 amide bonds. The third kappa shape index (κ3) is 4.95. The number of carbonyl (C=O) groups is 2. The molecule has 0 saturated heterocycles. The van der Waals surface area contributed by atoms with Crippen molar-refractivity contribution in [1.82, 2.24) is 5.32 Å². The molecule has 0 radical (unpaired) electrons. The number of halogens is 2. The van der Waals surface area contributed by atoms with E-state index in [0.717, 1.165) is 12.1 Å². The highest BCUT2D eigenvalue weighted by Crippen LogP contribution is 2.18. The summed E-state index contributed by atoms with van der Waals surface area (Å²) in [5.74, 6) is -3.05. The predicted octanol–water partition coefficient (Wildman–Crippen LogP) is 2.64. The second kappa shape index (κ2) is 6.98. The van der Waals surface area contributed by atoms with Gasteiger partial charge in [0.05, 0.1) is 6.04 Å². The van der Waals surface area contributed by atoms with Crippen LogP contribution in [0.25, 0.3) is 0 Å². The van der Waals surface area contributed by atoms with E-state index in [1.54, 1.807) is 13.8 Å². The van der Waals surface area contributed by atoms with Crippen LogP contribution >= 0.6 is 0 Å². The van der Waals surface area contributed by atoms with Gasteiger partial charge >= 0.3 is 5.97 Å². The summed E-state index contributed by atoms with van der Waals surface area (Å²) in [4.78, 5) is 22.2. The summed E-state index contributed by atoms with van der Waals surface area (Å²) < 4.78 is 26.3. The molecule has 0 fully saturated rings. The van der Waals surface area contributed by atoms with Gasteiger partial charge in [-0.05, 0) is 18.9 Å². The van der Waals surface area contributed by atoms with Crippen molar-refractivity contribution >= 4 is 11.9 Å². The number of benzene rings is 1. The van der Waals surface area contributed by atoms with E-state index in [9.17, 15) is 18.4 Å². The van der Waals surface area contributed by atoms with E-state index in [1.165, 1.54) is 6.07 Å². The summed E-state index contributed by atoms with van der Waals surface area (Å²) in [7, 11) is 0. The normalized spacial score (nSPS) is 13.6. The van der Waals surface area contributed by atoms with Gasteiger partial charge in [-0.3, -0.25) is 9.59 Å². The van der Waals surface area contributed by atoms with Crippen molar-refractivity contribution < 1.29 is 23.5 Å². The summed E-state index contributed by atoms with van der Waals surface area (Å²) in [6, 6.07) is 2.54. The molecular weight excluding hydrogens is 268 g/mol. The molecule has 0 aromatic heterocycles. The lowest BCUT2D eigenvalue weighted by Gasteiger charge is -2.16. The average molecular weight is 285 g/mol. The van der Waals surface area contributed by atoms with E-state index in [-0.39, 0.29) is 30.2 Å². The number of nitrogens with one attached hydrogen (secondary N) is 1. The van der Waals surface area contributed by atoms with Crippen LogP contribution in [0.15, 0.2) is 18.2 Å². The molecule has 4 nitrogen and oxygen atoms in total. The highest BCUT2D eigenvalue weighted by atomic mass is 19.1. The monoisotopic (exact) mass is 285 g/mol. The molecule has 0 aliphatic rings. The van der Waals surface area contributed by atoms with Crippen LogP contribution < -0.4 is 5.32 Å². The fourth-order valence-corrected chi connectivity index (χ4v) is 1.92. The molecule has 6 heteroatoms. The maximum Gasteiger partial charge on any atom is 0.303 e. The summed E-state index contributed by atoms with van der Waals surface area (Å²) in [5, 5.41) is 11.2. The van der Waals surface area contributed by atoms with Crippen LogP contribution in [0.1, 0.15) is 38.3 Å². The molecule has 0 heterocycles. The molecule has 2 atom stereocenters. The van der Waals surface area contributed by atoms with E-state index >= 15 is 0 Å². The van der Waals surface area contributed by atoms with Gasteiger partial charge in [0.25, 0.3) is 0 Å². The maximum atomic E-state index is 13.5. The quantitative estimate of drug-likeness (QED) is 0.844. The van der Waals surface area contributed by atoms with Crippen LogP contribution in [0.2, 0.25) is 0 Å². The van der Waals surface area contributed by atoms with Gasteiger partial charge in [-0.2, -0.15) is 0 Å². The Labute approximate surface area is 115 Å². The van der Waals surface area contributed by atoms with Crippen molar-refractivity contribution in [2.24, 2.45) is 5.92 Å². The van der Waals surface area contributed by atoms with Crippen molar-refractivity contribution in [3.8, 4) is 0 Å². The zero-order valence-corrected chi connectivity index (χ0v) is 11.3. The number of aliphatic carboxylic acids is 1. The van der Waals surface area contributed by atoms with Gasteiger partial charge < -0.3 is 10.4 Å². The Morgan fingerprint density at radius 1 is 1.25 bits per heavy atom. The number of rotatable bonds is 6. The number of carboxylic acids is 1. The summed E-state index contributed by atoms with van der Waals surface area (Å²) >= 11 is 0. The maximum absolute atomic E-state index is 13.5. The SMILES string of the molecule is CC(CC(=O)O)CC(=O)NC(C)c1ccc(F)cc1F. The second-order valence-electron chi connectivity index (χ2n) is 4.86. The van der Waals surface area contributed by atoms with Gasteiger partial charge in [-0.15, -0.1) is 0 Å². The topological polar surface area (TPSA) is 66.4 Å². The number of carboxylic acid groups (broad SMARTS) is 1. The first-order chi connectivity index (χ1) is 9.29. The number of hydrogen-bond donors (Lipinski definition) is 2. The summed E-state index contributed by atoms with van der Waals surface area (Å²) in [6.45, 7) is 3.23. The molecular formula is C14H17F2NO3. The Morgan fingerprint density at radius 2 is 1.90 bits per heavy atom. The Morgan fingerprint density at radius 3 is 2.45 bits per heavy atom. The van der Waals surface area contributed by atoms with Gasteiger partial charge in [0, 0.05) is 24.5 Å². The average Bonchev–Trinajstić information content (AvgIpc) is 2.26. The van der Waals surface area contributed by atoms with Gasteiger partial charge in [-0.1, -0.05) is 13.0 Å². The first-order valence-electron chi connectivity index (χ1n) is 6.25. The minimum atomic E-state index is -0.970. The molecule has 20 heavy (non-hydrogen) atoms. The summed E-state index contributed by atoms with van der Waals surface area (Å²) in [6.07, 6.45) is -0.0633. The lowest BCUT2D eigenvalue weighted by Crippen LogP contribution is -2.28. The Hall–Kier alpha value is -1.98. The van der Waals surface area contributed by atoms with E-state index in [2.05, 4.69) is 5.32 Å². The molecule has 0 aliphatic carbocycles. The van der Waals surface area contributed by atoms with Crippen LogP contribution in [0, 0.1) is 17.6 Å². The molecule has 0 bridgehead atoms. The largest absolute Gasteiger partial charge is 0.481 e. The lowest BCUT2D eigenvalue weighted by atomic mass is 10.0. The van der Waals surface area contributed by atoms with Gasteiger partial charge in [0.15, 0.2) is 0 Å². The van der Waals surface area contributed by atoms with Gasteiger partial charge in [0.1, 0.15) is 11.6 Å². The second-order valence-corrected chi connectivity index (χ2v) is 4.86. The van der Waals surface area contributed by atoms with Gasteiger partial charge in [-0.25, -0.2) is 8.78 Å². The van der Waals surface area contributed by atoms with Crippen LogP contribution in [0.3, 0.4) is 0 Å². The van der Waals surface area contributed by atoms with Crippen LogP contribution in [-0.2, 0) is 9.59 Å². The third-order valence-electron chi connectivity index (χ3n) is 2.86. The first kappa shape index (κ1) is 16.1. The van der Waals surface area contributed by atoms with Crippen LogP contribution in [0.5, 0.6) is 0 Å². The lowest BCUT2D eigenvalue weighted by molar-refractivity contribution is -0.138. The molecule has 0 spiro atoms. The van der Waals surface area contributed by atoms with Crippen molar-refractivity contribution in [3.63, 3.8) is 0 Å². The molecule has 1 rings (SSSR count). The smallest absolute Gasteiger partial charge is 0.303 e. The highest BCUT2D eigenvalue weighted by molar-refractivity contribution is 5.77. The minimum Gasteiger partial charge on any atom is -0.481 e. The zero-order valence-electron chi connectivity index (χ0n) is 11.3. The van der Waals surface area contributed by atoms with E-state index in [4.69, 9.17) is 5.11 Å². The van der Waals surface area contributed by atoms with Crippen molar-refractivity contribution in [2.45, 2.75) is 32.7 Å². The zero-order chi connectivity index (χ0) is 15.3. The Balaban J connectivity index is 2.59. The van der Waals surface area contributed by atoms with Crippen molar-refractivity contribution in [1.29, 1.82) is 0 Å². The number of carbonyl (C=O) groups excluding carboxylic acids is 1. The van der Waals surface area contributed by atoms with Crippen LogP contribution in [0.4, 0.5) is 8.78 Å². The number of hydrogen-bond acceptors (Lipinski definition) is 2. The molecule has 0 aliphatic heterocycles. The Bertz CT molecular complexity index is 505.